The molecule has 6 nitrogen and oxygen atoms in total. The number of carbonyl (C=O) groups excluding carboxylic acids is 2. The first kappa shape index (κ1) is 21.6. The Morgan fingerprint density at radius 2 is 2.00 bits per heavy atom. The number of thiophene rings is 2. The highest BCUT2D eigenvalue weighted by Gasteiger charge is 2.35. The van der Waals surface area contributed by atoms with Crippen LogP contribution in [0.4, 0.5) is 0 Å². The Labute approximate surface area is 190 Å². The average molecular weight is 455 g/mol. The first-order valence-electron chi connectivity index (χ1n) is 10.6. The third-order valence-corrected chi connectivity index (χ3v) is 7.54. The van der Waals surface area contributed by atoms with Crippen LogP contribution in [0.1, 0.15) is 64.0 Å². The lowest BCUT2D eigenvalue weighted by Gasteiger charge is -2.32. The van der Waals surface area contributed by atoms with Crippen molar-refractivity contribution in [2.45, 2.75) is 57.7 Å². The van der Waals surface area contributed by atoms with Crippen LogP contribution in [0.5, 0.6) is 0 Å². The van der Waals surface area contributed by atoms with Crippen LogP contribution >= 0.6 is 22.7 Å². The second-order valence-corrected chi connectivity index (χ2v) is 9.80. The summed E-state index contributed by atoms with van der Waals surface area (Å²) >= 11 is 3.09. The number of nitrogens with one attached hydrogen (secondary N) is 1. The summed E-state index contributed by atoms with van der Waals surface area (Å²) in [5, 5.41) is 7.20. The molecular weight excluding hydrogens is 428 g/mol. The Hall–Kier alpha value is -2.58. The minimum Gasteiger partial charge on any atom is -0.351 e. The zero-order chi connectivity index (χ0) is 21.6. The van der Waals surface area contributed by atoms with Gasteiger partial charge in [-0.1, -0.05) is 25.3 Å². The Bertz CT molecular complexity index is 998. The van der Waals surface area contributed by atoms with Gasteiger partial charge in [-0.3, -0.25) is 14.6 Å². The topological polar surface area (TPSA) is 75.2 Å². The van der Waals surface area contributed by atoms with Crippen LogP contribution in [0.3, 0.4) is 0 Å². The van der Waals surface area contributed by atoms with Gasteiger partial charge in [0.2, 0.25) is 5.91 Å². The smallest absolute Gasteiger partial charge is 0.275 e. The summed E-state index contributed by atoms with van der Waals surface area (Å²) in [6.45, 7) is 2.33. The third kappa shape index (κ3) is 5.19. The molecule has 1 unspecified atom stereocenters. The van der Waals surface area contributed by atoms with Crippen molar-refractivity contribution in [3.63, 3.8) is 0 Å². The summed E-state index contributed by atoms with van der Waals surface area (Å²) in [5.74, 6) is -0.413. The molecule has 3 aromatic rings. The molecule has 0 aromatic carbocycles. The average Bonchev–Trinajstić information content (AvgIpc) is 3.46. The molecule has 3 heterocycles. The summed E-state index contributed by atoms with van der Waals surface area (Å²) in [6.07, 6.45) is 9.96. The molecule has 162 valence electrons. The van der Waals surface area contributed by atoms with Crippen molar-refractivity contribution in [3.05, 3.63) is 68.6 Å². The molecule has 0 saturated heterocycles. The van der Waals surface area contributed by atoms with Gasteiger partial charge in [-0.2, -0.15) is 0 Å². The van der Waals surface area contributed by atoms with Crippen molar-refractivity contribution < 1.29 is 9.59 Å². The fourth-order valence-corrected chi connectivity index (χ4v) is 5.74. The Morgan fingerprint density at radius 1 is 1.16 bits per heavy atom. The summed E-state index contributed by atoms with van der Waals surface area (Å²) in [5.41, 5.74) is 1.25. The van der Waals surface area contributed by atoms with Gasteiger partial charge in [-0.05, 0) is 48.2 Å². The van der Waals surface area contributed by atoms with Crippen molar-refractivity contribution >= 4 is 34.5 Å². The quantitative estimate of drug-likeness (QED) is 0.559. The zero-order valence-corrected chi connectivity index (χ0v) is 19.1. The van der Waals surface area contributed by atoms with E-state index in [1.807, 2.05) is 35.9 Å². The fraction of sp³-hybridized carbons (Fsp3) is 0.391. The highest BCUT2D eigenvalue weighted by Crippen LogP contribution is 2.32. The number of hydrogen-bond donors (Lipinski definition) is 1. The molecule has 1 saturated carbocycles. The molecule has 0 aliphatic heterocycles. The number of aryl methyl sites for hydroxylation is 1. The van der Waals surface area contributed by atoms with Gasteiger partial charge in [-0.25, -0.2) is 4.98 Å². The lowest BCUT2D eigenvalue weighted by Crippen LogP contribution is -2.46. The standard InChI is InChI=1S/C23H26N4O2S2/c1-16-9-13-31-21(16)20(22(28)26-17-6-3-2-4-7-17)27(15-18-8-5-12-30-18)23(29)19-14-24-10-11-25-19/h5,8-14,17,20H,2-4,6-7,15H2,1H3,(H,26,28). The van der Waals surface area contributed by atoms with Crippen LogP contribution in [0.2, 0.25) is 0 Å². The molecule has 3 aromatic heterocycles. The number of rotatable bonds is 7. The molecule has 1 fully saturated rings. The second kappa shape index (κ2) is 10.2. The van der Waals surface area contributed by atoms with Crippen molar-refractivity contribution in [3.8, 4) is 0 Å². The molecule has 31 heavy (non-hydrogen) atoms. The normalized spacial score (nSPS) is 15.4. The van der Waals surface area contributed by atoms with Gasteiger partial charge >= 0.3 is 0 Å². The van der Waals surface area contributed by atoms with Gasteiger partial charge in [0.1, 0.15) is 11.7 Å². The lowest BCUT2D eigenvalue weighted by molar-refractivity contribution is -0.127. The monoisotopic (exact) mass is 454 g/mol. The number of carbonyl (C=O) groups is 2. The SMILES string of the molecule is Cc1ccsc1C(C(=O)NC1CCCCC1)N(Cc1cccs1)C(=O)c1cnccn1. The molecule has 0 radical (unpaired) electrons. The van der Waals surface area contributed by atoms with Gasteiger partial charge in [0.05, 0.1) is 12.7 Å². The minimum atomic E-state index is -0.710. The minimum absolute atomic E-state index is 0.119. The molecule has 1 atom stereocenters. The molecule has 1 aliphatic rings. The van der Waals surface area contributed by atoms with Crippen LogP contribution in [0.15, 0.2) is 47.5 Å². The molecule has 8 heteroatoms. The van der Waals surface area contributed by atoms with E-state index in [-0.39, 0.29) is 23.6 Å². The van der Waals surface area contributed by atoms with E-state index in [1.54, 1.807) is 16.2 Å². The first-order chi connectivity index (χ1) is 15.1. The van der Waals surface area contributed by atoms with E-state index in [4.69, 9.17) is 0 Å². The fourth-order valence-electron chi connectivity index (χ4n) is 4.00. The highest BCUT2D eigenvalue weighted by atomic mass is 32.1. The Balaban J connectivity index is 1.70. The van der Waals surface area contributed by atoms with Crippen molar-refractivity contribution in [1.82, 2.24) is 20.2 Å². The Kier molecular flexibility index (Phi) is 7.09. The van der Waals surface area contributed by atoms with Gasteiger partial charge in [-0.15, -0.1) is 22.7 Å². The Morgan fingerprint density at radius 3 is 2.65 bits per heavy atom. The lowest BCUT2D eigenvalue weighted by atomic mass is 9.95. The summed E-state index contributed by atoms with van der Waals surface area (Å²) in [4.78, 5) is 39.0. The van der Waals surface area contributed by atoms with E-state index in [0.29, 0.717) is 6.54 Å². The van der Waals surface area contributed by atoms with E-state index < -0.39 is 6.04 Å². The van der Waals surface area contributed by atoms with E-state index >= 15 is 0 Å². The van der Waals surface area contributed by atoms with Crippen molar-refractivity contribution in [2.24, 2.45) is 0 Å². The van der Waals surface area contributed by atoms with E-state index in [9.17, 15) is 9.59 Å². The summed E-state index contributed by atoms with van der Waals surface area (Å²) < 4.78 is 0. The highest BCUT2D eigenvalue weighted by molar-refractivity contribution is 7.10. The number of hydrogen-bond acceptors (Lipinski definition) is 6. The van der Waals surface area contributed by atoms with E-state index in [0.717, 1.165) is 41.0 Å². The maximum absolute atomic E-state index is 13.6. The molecule has 1 N–H and O–H groups in total. The third-order valence-electron chi connectivity index (χ3n) is 5.61. The van der Waals surface area contributed by atoms with E-state index in [2.05, 4.69) is 15.3 Å². The predicted molar refractivity (Wildman–Crippen MR) is 123 cm³/mol. The molecule has 0 spiro atoms. The van der Waals surface area contributed by atoms with Crippen LogP contribution in [-0.4, -0.2) is 32.7 Å². The molecular formula is C23H26N4O2S2. The second-order valence-electron chi connectivity index (χ2n) is 7.82. The number of aromatic nitrogens is 2. The van der Waals surface area contributed by atoms with Gasteiger partial charge in [0, 0.05) is 28.2 Å². The van der Waals surface area contributed by atoms with Crippen LogP contribution < -0.4 is 5.32 Å². The van der Waals surface area contributed by atoms with Crippen molar-refractivity contribution in [1.29, 1.82) is 0 Å². The van der Waals surface area contributed by atoms with Gasteiger partial charge in [0.15, 0.2) is 0 Å². The van der Waals surface area contributed by atoms with Gasteiger partial charge < -0.3 is 10.2 Å². The van der Waals surface area contributed by atoms with Crippen LogP contribution in [0.25, 0.3) is 0 Å². The van der Waals surface area contributed by atoms with Gasteiger partial charge in [0.25, 0.3) is 5.91 Å². The van der Waals surface area contributed by atoms with E-state index in [1.165, 1.54) is 36.3 Å². The first-order valence-corrected chi connectivity index (χ1v) is 12.3. The molecule has 1 aliphatic carbocycles. The summed E-state index contributed by atoms with van der Waals surface area (Å²) in [6, 6.07) is 5.40. The van der Waals surface area contributed by atoms with Crippen molar-refractivity contribution in [2.75, 3.05) is 0 Å². The zero-order valence-electron chi connectivity index (χ0n) is 17.5. The molecule has 0 bridgehead atoms. The molecule has 2 amide bonds. The maximum atomic E-state index is 13.6. The van der Waals surface area contributed by atoms with Crippen LogP contribution in [0, 0.1) is 6.92 Å². The predicted octanol–water partition coefficient (Wildman–Crippen LogP) is 4.74. The van der Waals surface area contributed by atoms with Crippen LogP contribution in [-0.2, 0) is 11.3 Å². The summed E-state index contributed by atoms with van der Waals surface area (Å²) in [7, 11) is 0. The largest absolute Gasteiger partial charge is 0.351 e. The number of amides is 2. The number of nitrogens with zero attached hydrogens (tertiary/aromatic N) is 3. The maximum Gasteiger partial charge on any atom is 0.275 e. The molecule has 4 rings (SSSR count).